The van der Waals surface area contributed by atoms with Crippen molar-refractivity contribution in [3.63, 3.8) is 0 Å². The van der Waals surface area contributed by atoms with Crippen molar-refractivity contribution < 1.29 is 4.79 Å². The van der Waals surface area contributed by atoms with E-state index in [2.05, 4.69) is 15.4 Å². The molecule has 1 N–H and O–H groups in total. The van der Waals surface area contributed by atoms with Crippen molar-refractivity contribution in [2.75, 3.05) is 13.6 Å². The third-order valence-corrected chi connectivity index (χ3v) is 3.50. The lowest BCUT2D eigenvalue weighted by Crippen LogP contribution is -2.39. The summed E-state index contributed by atoms with van der Waals surface area (Å²) in [6, 6.07) is 2.10. The molecule has 2 rings (SSSR count). The lowest BCUT2D eigenvalue weighted by atomic mass is 10.3. The van der Waals surface area contributed by atoms with E-state index < -0.39 is 0 Å². The maximum Gasteiger partial charge on any atom is 0.254 e. The number of fused-ring (bicyclic) bond motifs is 1. The minimum absolute atomic E-state index is 0.0158. The Labute approximate surface area is 135 Å². The number of nitrogens with one attached hydrogen (secondary N) is 1. The molecule has 0 unspecified atom stereocenters. The van der Waals surface area contributed by atoms with Gasteiger partial charge in [-0.15, -0.1) is 5.10 Å². The summed E-state index contributed by atoms with van der Waals surface area (Å²) in [5, 5.41) is 7.30. The average Bonchev–Trinajstić information content (AvgIpc) is 2.64. The van der Waals surface area contributed by atoms with Gasteiger partial charge in [0.1, 0.15) is 0 Å². The zero-order chi connectivity index (χ0) is 16.4. The zero-order valence-corrected chi connectivity index (χ0v) is 14.4. The molecule has 0 saturated carbocycles. The Morgan fingerprint density at radius 1 is 1.45 bits per heavy atom. The molecule has 1 amide bonds. The van der Waals surface area contributed by atoms with Crippen LogP contribution >= 0.6 is 12.2 Å². The summed E-state index contributed by atoms with van der Waals surface area (Å²) >= 11 is 5.46. The number of hydrogen-bond acceptors (Lipinski definition) is 5. The molecule has 0 aliphatic heterocycles. The highest BCUT2D eigenvalue weighted by Gasteiger charge is 2.12. The summed E-state index contributed by atoms with van der Waals surface area (Å²) < 4.78 is 4.10. The molecule has 0 atom stereocenters. The highest BCUT2D eigenvalue weighted by molar-refractivity contribution is 7.71. The third-order valence-electron chi connectivity index (χ3n) is 3.11. The fraction of sp³-hybridized carbons (Fsp3) is 0.571. The van der Waals surface area contributed by atoms with Gasteiger partial charge < -0.3 is 5.32 Å². The molecule has 2 aromatic rings. The zero-order valence-electron chi connectivity index (χ0n) is 13.6. The van der Waals surface area contributed by atoms with Crippen molar-refractivity contribution in [3.05, 3.63) is 22.2 Å². The van der Waals surface area contributed by atoms with Crippen LogP contribution in [0.25, 0.3) is 5.78 Å². The van der Waals surface area contributed by atoms with E-state index in [-0.39, 0.29) is 11.9 Å². The number of carbonyl (C=O) groups excluding carboxylic acids is 1. The van der Waals surface area contributed by atoms with Gasteiger partial charge in [0.15, 0.2) is 0 Å². The third kappa shape index (κ3) is 3.69. The Morgan fingerprint density at radius 2 is 2.14 bits per heavy atom. The second-order valence-corrected chi connectivity index (χ2v) is 6.20. The topological polar surface area (TPSA) is 67.5 Å². The minimum atomic E-state index is -0.0158. The Morgan fingerprint density at radius 3 is 2.77 bits per heavy atom. The first-order valence-electron chi connectivity index (χ1n) is 7.19. The molecular formula is C14H22N6OS. The lowest BCUT2D eigenvalue weighted by molar-refractivity contribution is -0.122. The van der Waals surface area contributed by atoms with E-state index in [0.29, 0.717) is 23.8 Å². The summed E-state index contributed by atoms with van der Waals surface area (Å²) in [4.78, 5) is 18.0. The van der Waals surface area contributed by atoms with Crippen LogP contribution in [0.4, 0.5) is 0 Å². The van der Waals surface area contributed by atoms with Crippen molar-refractivity contribution in [2.24, 2.45) is 0 Å². The number of amides is 1. The van der Waals surface area contributed by atoms with Crippen LogP contribution in [0, 0.1) is 18.6 Å². The normalized spacial score (nSPS) is 11.6. The number of aryl methyl sites for hydroxylation is 2. The summed E-state index contributed by atoms with van der Waals surface area (Å²) in [5.41, 5.74) is 1.90. The lowest BCUT2D eigenvalue weighted by Gasteiger charge is -2.17. The summed E-state index contributed by atoms with van der Waals surface area (Å²) in [6.07, 6.45) is 0. The molecule has 2 aromatic heterocycles. The highest BCUT2D eigenvalue weighted by atomic mass is 32.1. The molecule has 0 spiro atoms. The van der Waals surface area contributed by atoms with Gasteiger partial charge in [-0.3, -0.25) is 14.1 Å². The molecule has 0 aliphatic rings. The minimum Gasteiger partial charge on any atom is -0.353 e. The smallest absolute Gasteiger partial charge is 0.254 e. The van der Waals surface area contributed by atoms with Crippen LogP contribution in [0.5, 0.6) is 0 Å². The van der Waals surface area contributed by atoms with E-state index in [1.807, 2.05) is 50.1 Å². The summed E-state index contributed by atoms with van der Waals surface area (Å²) in [6.45, 7) is 8.51. The molecule has 0 aliphatic carbocycles. The predicted molar refractivity (Wildman–Crippen MR) is 87.2 cm³/mol. The maximum absolute atomic E-state index is 11.8. The number of nitrogens with zero attached hydrogens (tertiary/aromatic N) is 5. The molecule has 120 valence electrons. The van der Waals surface area contributed by atoms with Crippen LogP contribution in [0.15, 0.2) is 6.07 Å². The number of likely N-dealkylation sites (N-methyl/N-ethyl adjacent to an activating group) is 1. The van der Waals surface area contributed by atoms with Crippen LogP contribution < -0.4 is 5.32 Å². The number of carbonyl (C=O) groups is 1. The van der Waals surface area contributed by atoms with Crippen LogP contribution in [-0.4, -0.2) is 49.6 Å². The second kappa shape index (κ2) is 6.53. The predicted octanol–water partition coefficient (Wildman–Crippen LogP) is 1.29. The van der Waals surface area contributed by atoms with Crippen molar-refractivity contribution in [1.82, 2.24) is 29.4 Å². The quantitative estimate of drug-likeness (QED) is 0.840. The van der Waals surface area contributed by atoms with Gasteiger partial charge in [0, 0.05) is 17.4 Å². The highest BCUT2D eigenvalue weighted by Crippen LogP contribution is 2.07. The molecular weight excluding hydrogens is 300 g/mol. The monoisotopic (exact) mass is 322 g/mol. The van der Waals surface area contributed by atoms with Crippen molar-refractivity contribution >= 4 is 23.9 Å². The SMILES string of the molecule is Cc1cc(C)n2c(=S)n(CN(C)CC(=O)NC(C)C)nc2n1. The average molecular weight is 322 g/mol. The van der Waals surface area contributed by atoms with Gasteiger partial charge in [0.05, 0.1) is 13.2 Å². The first kappa shape index (κ1) is 16.6. The molecule has 0 fully saturated rings. The summed E-state index contributed by atoms with van der Waals surface area (Å²) in [5.74, 6) is 0.570. The van der Waals surface area contributed by atoms with E-state index in [4.69, 9.17) is 12.2 Å². The van der Waals surface area contributed by atoms with E-state index in [0.717, 1.165) is 11.4 Å². The standard InChI is InChI=1S/C14H22N6OS/c1-9(2)15-12(21)7-18(5)8-19-14(22)20-11(4)6-10(3)16-13(20)17-19/h6,9H,7-8H2,1-5H3,(H,15,21). The molecule has 2 heterocycles. The van der Waals surface area contributed by atoms with E-state index in [1.165, 1.54) is 0 Å². The van der Waals surface area contributed by atoms with Gasteiger partial charge in [-0.2, -0.15) is 0 Å². The van der Waals surface area contributed by atoms with Gasteiger partial charge in [-0.05, 0) is 53.0 Å². The Balaban J connectivity index is 2.18. The first-order chi connectivity index (χ1) is 10.3. The van der Waals surface area contributed by atoms with E-state index in [1.54, 1.807) is 4.68 Å². The first-order valence-corrected chi connectivity index (χ1v) is 7.60. The number of hydrogen-bond donors (Lipinski definition) is 1. The summed E-state index contributed by atoms with van der Waals surface area (Å²) in [7, 11) is 1.86. The number of rotatable bonds is 5. The molecule has 22 heavy (non-hydrogen) atoms. The Kier molecular flexibility index (Phi) is 4.92. The molecule has 0 radical (unpaired) electrons. The van der Waals surface area contributed by atoms with Crippen molar-refractivity contribution in [1.29, 1.82) is 0 Å². The molecule has 8 heteroatoms. The van der Waals surface area contributed by atoms with Crippen LogP contribution in [0.3, 0.4) is 0 Å². The molecule has 0 bridgehead atoms. The number of aromatic nitrogens is 4. The Hall–Kier alpha value is -1.80. The van der Waals surface area contributed by atoms with E-state index >= 15 is 0 Å². The molecule has 0 aromatic carbocycles. The van der Waals surface area contributed by atoms with Crippen molar-refractivity contribution in [2.45, 2.75) is 40.4 Å². The van der Waals surface area contributed by atoms with Gasteiger partial charge in [-0.25, -0.2) is 9.67 Å². The van der Waals surface area contributed by atoms with Gasteiger partial charge >= 0.3 is 0 Å². The van der Waals surface area contributed by atoms with Crippen LogP contribution in [0.2, 0.25) is 0 Å². The second-order valence-electron chi connectivity index (χ2n) is 5.83. The fourth-order valence-electron chi connectivity index (χ4n) is 2.32. The fourth-order valence-corrected chi connectivity index (χ4v) is 2.64. The van der Waals surface area contributed by atoms with Gasteiger partial charge in [0.2, 0.25) is 10.7 Å². The molecule has 0 saturated heterocycles. The van der Waals surface area contributed by atoms with Crippen LogP contribution in [-0.2, 0) is 11.5 Å². The van der Waals surface area contributed by atoms with E-state index in [9.17, 15) is 4.79 Å². The van der Waals surface area contributed by atoms with Crippen LogP contribution in [0.1, 0.15) is 25.2 Å². The largest absolute Gasteiger partial charge is 0.353 e. The Bertz CT molecular complexity index is 748. The maximum atomic E-state index is 11.8. The van der Waals surface area contributed by atoms with Gasteiger partial charge in [-0.1, -0.05) is 0 Å². The van der Waals surface area contributed by atoms with Crippen molar-refractivity contribution in [3.8, 4) is 0 Å². The van der Waals surface area contributed by atoms with Gasteiger partial charge in [0.25, 0.3) is 5.78 Å². The molecule has 7 nitrogen and oxygen atoms in total.